The van der Waals surface area contributed by atoms with Gasteiger partial charge in [0.25, 0.3) is 0 Å². The number of rotatable bonds is 5. The Hall–Kier alpha value is -1.59. The van der Waals surface area contributed by atoms with E-state index < -0.39 is 5.97 Å². The van der Waals surface area contributed by atoms with Gasteiger partial charge in [0.1, 0.15) is 6.54 Å². The summed E-state index contributed by atoms with van der Waals surface area (Å²) >= 11 is 5.85. The summed E-state index contributed by atoms with van der Waals surface area (Å²) in [5, 5.41) is 9.70. The number of amides is 1. The third-order valence-corrected chi connectivity index (χ3v) is 4.60. The average molecular weight is 324 g/mol. The molecule has 3 unspecified atom stereocenters. The highest BCUT2D eigenvalue weighted by molar-refractivity contribution is 6.30. The SMILES string of the molecule is O=C(O)CN(Cc1ccc(Cl)cc1)C(=O)C1CC2CCC1O2. The fourth-order valence-electron chi connectivity index (χ4n) is 3.32. The number of carbonyl (C=O) groups is 2. The van der Waals surface area contributed by atoms with Crippen molar-refractivity contribution >= 4 is 23.5 Å². The number of fused-ring (bicyclic) bond motifs is 2. The number of carboxylic acid groups (broad SMARTS) is 1. The molecule has 3 rings (SSSR count). The number of aliphatic carboxylic acids is 1. The molecule has 1 aromatic rings. The fraction of sp³-hybridized carbons (Fsp3) is 0.500. The van der Waals surface area contributed by atoms with Crippen LogP contribution in [0.5, 0.6) is 0 Å². The van der Waals surface area contributed by atoms with Crippen LogP contribution < -0.4 is 0 Å². The van der Waals surface area contributed by atoms with Gasteiger partial charge in [0.15, 0.2) is 0 Å². The van der Waals surface area contributed by atoms with Crippen molar-refractivity contribution in [3.05, 3.63) is 34.9 Å². The molecular formula is C16H18ClNO4. The lowest BCUT2D eigenvalue weighted by molar-refractivity contribution is -0.147. The van der Waals surface area contributed by atoms with E-state index in [1.165, 1.54) is 4.90 Å². The van der Waals surface area contributed by atoms with E-state index in [9.17, 15) is 9.59 Å². The van der Waals surface area contributed by atoms with Crippen LogP contribution in [0.25, 0.3) is 0 Å². The summed E-state index contributed by atoms with van der Waals surface area (Å²) in [4.78, 5) is 25.2. The van der Waals surface area contributed by atoms with Crippen molar-refractivity contribution in [2.45, 2.75) is 38.0 Å². The molecule has 0 radical (unpaired) electrons. The molecule has 1 aromatic carbocycles. The molecule has 0 aliphatic carbocycles. The van der Waals surface area contributed by atoms with Gasteiger partial charge in [-0.2, -0.15) is 0 Å². The first-order valence-corrected chi connectivity index (χ1v) is 7.81. The Balaban J connectivity index is 1.72. The highest BCUT2D eigenvalue weighted by Gasteiger charge is 2.45. The van der Waals surface area contributed by atoms with Crippen LogP contribution in [0.15, 0.2) is 24.3 Å². The molecule has 2 aliphatic rings. The number of ether oxygens (including phenoxy) is 1. The predicted octanol–water partition coefficient (Wildman–Crippen LogP) is 2.32. The monoisotopic (exact) mass is 323 g/mol. The molecule has 2 heterocycles. The van der Waals surface area contributed by atoms with Crippen molar-refractivity contribution in [2.24, 2.45) is 5.92 Å². The van der Waals surface area contributed by atoms with Crippen LogP contribution in [0.4, 0.5) is 0 Å². The summed E-state index contributed by atoms with van der Waals surface area (Å²) in [7, 11) is 0. The van der Waals surface area contributed by atoms with E-state index in [1.54, 1.807) is 12.1 Å². The van der Waals surface area contributed by atoms with Gasteiger partial charge in [0, 0.05) is 11.6 Å². The van der Waals surface area contributed by atoms with Crippen LogP contribution in [0.1, 0.15) is 24.8 Å². The lowest BCUT2D eigenvalue weighted by atomic mass is 9.88. The first-order valence-electron chi connectivity index (χ1n) is 7.43. The van der Waals surface area contributed by atoms with Crippen molar-refractivity contribution in [3.8, 4) is 0 Å². The minimum atomic E-state index is -1.01. The quantitative estimate of drug-likeness (QED) is 0.903. The zero-order chi connectivity index (χ0) is 15.7. The second-order valence-electron chi connectivity index (χ2n) is 5.93. The van der Waals surface area contributed by atoms with E-state index in [4.69, 9.17) is 21.4 Å². The lowest BCUT2D eigenvalue weighted by Crippen LogP contribution is -2.42. The summed E-state index contributed by atoms with van der Waals surface area (Å²) in [6.07, 6.45) is 2.73. The number of benzene rings is 1. The molecule has 2 saturated heterocycles. The molecule has 22 heavy (non-hydrogen) atoms. The van der Waals surface area contributed by atoms with Gasteiger partial charge >= 0.3 is 5.97 Å². The minimum Gasteiger partial charge on any atom is -0.480 e. The second kappa shape index (κ2) is 6.26. The maximum absolute atomic E-state index is 12.7. The molecule has 5 nitrogen and oxygen atoms in total. The normalized spacial score (nSPS) is 26.1. The Morgan fingerprint density at radius 3 is 2.55 bits per heavy atom. The van der Waals surface area contributed by atoms with E-state index >= 15 is 0 Å². The van der Waals surface area contributed by atoms with E-state index in [2.05, 4.69) is 0 Å². The van der Waals surface area contributed by atoms with E-state index in [0.29, 0.717) is 11.4 Å². The number of hydrogen-bond acceptors (Lipinski definition) is 3. The highest BCUT2D eigenvalue weighted by Crippen LogP contribution is 2.39. The Bertz CT molecular complexity index is 574. The zero-order valence-electron chi connectivity index (χ0n) is 12.1. The smallest absolute Gasteiger partial charge is 0.323 e. The van der Waals surface area contributed by atoms with Crippen molar-refractivity contribution in [3.63, 3.8) is 0 Å². The molecule has 6 heteroatoms. The van der Waals surface area contributed by atoms with Gasteiger partial charge in [-0.3, -0.25) is 9.59 Å². The molecule has 2 bridgehead atoms. The van der Waals surface area contributed by atoms with Gasteiger partial charge < -0.3 is 14.7 Å². The number of nitrogens with zero attached hydrogens (tertiary/aromatic N) is 1. The molecule has 0 saturated carbocycles. The Morgan fingerprint density at radius 2 is 2.00 bits per heavy atom. The van der Waals surface area contributed by atoms with E-state index in [-0.39, 0.29) is 37.1 Å². The summed E-state index contributed by atoms with van der Waals surface area (Å²) in [5.74, 6) is -1.33. The number of hydrogen-bond donors (Lipinski definition) is 1. The highest BCUT2D eigenvalue weighted by atomic mass is 35.5. The summed E-state index contributed by atoms with van der Waals surface area (Å²) in [5.41, 5.74) is 0.864. The second-order valence-corrected chi connectivity index (χ2v) is 6.37. The Kier molecular flexibility index (Phi) is 4.36. The van der Waals surface area contributed by atoms with Crippen molar-refractivity contribution in [1.82, 2.24) is 4.90 Å². The van der Waals surface area contributed by atoms with Crippen molar-refractivity contribution in [1.29, 1.82) is 0 Å². The number of carboxylic acids is 1. The topological polar surface area (TPSA) is 66.8 Å². The predicted molar refractivity (Wildman–Crippen MR) is 80.5 cm³/mol. The number of carbonyl (C=O) groups excluding carboxylic acids is 1. The van der Waals surface area contributed by atoms with Gasteiger partial charge in [-0.1, -0.05) is 23.7 Å². The average Bonchev–Trinajstić information content (AvgIpc) is 3.10. The molecule has 1 amide bonds. The third kappa shape index (κ3) is 3.25. The first-order chi connectivity index (χ1) is 10.5. The molecule has 2 aliphatic heterocycles. The Morgan fingerprint density at radius 1 is 1.27 bits per heavy atom. The Labute approximate surface area is 133 Å². The lowest BCUT2D eigenvalue weighted by Gasteiger charge is -2.27. The molecule has 0 spiro atoms. The van der Waals surface area contributed by atoms with E-state index in [0.717, 1.165) is 18.4 Å². The summed E-state index contributed by atoms with van der Waals surface area (Å²) in [6, 6.07) is 7.09. The minimum absolute atomic E-state index is 0.0426. The zero-order valence-corrected chi connectivity index (χ0v) is 12.8. The van der Waals surface area contributed by atoms with Crippen LogP contribution in [0, 0.1) is 5.92 Å². The molecule has 118 valence electrons. The largest absolute Gasteiger partial charge is 0.480 e. The van der Waals surface area contributed by atoms with Crippen LogP contribution in [0.2, 0.25) is 5.02 Å². The third-order valence-electron chi connectivity index (χ3n) is 4.35. The van der Waals surface area contributed by atoms with Crippen LogP contribution in [0.3, 0.4) is 0 Å². The van der Waals surface area contributed by atoms with Gasteiger partial charge in [-0.05, 0) is 37.0 Å². The van der Waals surface area contributed by atoms with Crippen LogP contribution in [-0.4, -0.2) is 40.6 Å². The van der Waals surface area contributed by atoms with E-state index in [1.807, 2.05) is 12.1 Å². The first kappa shape index (κ1) is 15.3. The standard InChI is InChI=1S/C16H18ClNO4/c17-11-3-1-10(2-4-11)8-18(9-15(19)20)16(21)13-7-12-5-6-14(13)22-12/h1-4,12-14H,5-9H2,(H,19,20). The molecular weight excluding hydrogens is 306 g/mol. The van der Waals surface area contributed by atoms with Crippen molar-refractivity contribution in [2.75, 3.05) is 6.54 Å². The van der Waals surface area contributed by atoms with Gasteiger partial charge in [-0.15, -0.1) is 0 Å². The molecule has 2 fully saturated rings. The van der Waals surface area contributed by atoms with Gasteiger partial charge in [-0.25, -0.2) is 0 Å². The summed E-state index contributed by atoms with van der Waals surface area (Å²) < 4.78 is 5.71. The maximum Gasteiger partial charge on any atom is 0.323 e. The van der Waals surface area contributed by atoms with Crippen LogP contribution in [-0.2, 0) is 20.9 Å². The van der Waals surface area contributed by atoms with Crippen molar-refractivity contribution < 1.29 is 19.4 Å². The van der Waals surface area contributed by atoms with Gasteiger partial charge in [0.05, 0.1) is 18.1 Å². The molecule has 1 N–H and O–H groups in total. The molecule has 0 aromatic heterocycles. The van der Waals surface area contributed by atoms with Gasteiger partial charge in [0.2, 0.25) is 5.91 Å². The van der Waals surface area contributed by atoms with Crippen LogP contribution >= 0.6 is 11.6 Å². The maximum atomic E-state index is 12.7. The fourth-order valence-corrected chi connectivity index (χ4v) is 3.44. The molecule has 3 atom stereocenters. The number of halogens is 1. The summed E-state index contributed by atoms with van der Waals surface area (Å²) in [6.45, 7) is -0.0223.